The molecule has 7 rings (SSSR count). The highest BCUT2D eigenvalue weighted by molar-refractivity contribution is 5.69. The van der Waals surface area contributed by atoms with E-state index in [0.29, 0.717) is 17.7 Å². The number of carbonyl (C=O) groups excluding carboxylic acids is 2. The molecule has 6 N–H and O–H groups in total. The maximum absolute atomic E-state index is 13.8. The average Bonchev–Trinajstić information content (AvgIpc) is 4.11. The van der Waals surface area contributed by atoms with Crippen LogP contribution in [0.4, 0.5) is 38.5 Å². The molecular formula is C54H74F4N6O6. The van der Waals surface area contributed by atoms with Crippen molar-refractivity contribution in [3.63, 3.8) is 0 Å². The van der Waals surface area contributed by atoms with Crippen LogP contribution in [0.5, 0.6) is 0 Å². The van der Waals surface area contributed by atoms with Crippen molar-refractivity contribution in [1.82, 2.24) is 16.0 Å². The lowest BCUT2D eigenvalue weighted by atomic mass is 9.93. The highest BCUT2D eigenvalue weighted by Crippen LogP contribution is 2.35. The molecular weight excluding hydrogens is 905 g/mol. The molecule has 0 radical (unpaired) electrons. The van der Waals surface area contributed by atoms with Gasteiger partial charge in [-0.05, 0) is 150 Å². The van der Waals surface area contributed by atoms with Crippen molar-refractivity contribution in [2.24, 2.45) is 5.73 Å². The van der Waals surface area contributed by atoms with Gasteiger partial charge in [0.05, 0.1) is 24.8 Å². The summed E-state index contributed by atoms with van der Waals surface area (Å²) in [6, 6.07) is 18.7. The molecule has 4 aromatic carbocycles. The predicted octanol–water partition coefficient (Wildman–Crippen LogP) is 9.38. The first-order valence-electron chi connectivity index (χ1n) is 24.3. The van der Waals surface area contributed by atoms with E-state index in [0.717, 1.165) is 56.6 Å². The minimum Gasteiger partial charge on any atom is -0.444 e. The summed E-state index contributed by atoms with van der Waals surface area (Å²) in [7, 11) is 4.20. The molecule has 384 valence electrons. The molecule has 16 heteroatoms. The quantitative estimate of drug-likeness (QED) is 0.0647. The number of hydrogen-bond acceptors (Lipinski definition) is 10. The van der Waals surface area contributed by atoms with Gasteiger partial charge < -0.3 is 50.8 Å². The van der Waals surface area contributed by atoms with Gasteiger partial charge in [-0.2, -0.15) is 0 Å². The molecule has 12 nitrogen and oxygen atoms in total. The highest BCUT2D eigenvalue weighted by Gasteiger charge is 2.35. The number of nitrogens with one attached hydrogen (secondary N) is 3. The number of nitrogens with zero attached hydrogens (tertiary/aromatic N) is 2. The Morgan fingerprint density at radius 2 is 1.16 bits per heavy atom. The number of ether oxygens (including phenoxy) is 3. The maximum Gasteiger partial charge on any atom is 0.407 e. The summed E-state index contributed by atoms with van der Waals surface area (Å²) in [6.45, 7) is 17.4. The summed E-state index contributed by atoms with van der Waals surface area (Å²) in [6.07, 6.45) is 1.83. The zero-order valence-corrected chi connectivity index (χ0v) is 42.4. The number of hydrogen-bond donors (Lipinski definition) is 5. The number of aryl methyl sites for hydroxylation is 2. The number of rotatable bonds is 13. The van der Waals surface area contributed by atoms with Gasteiger partial charge in [-0.25, -0.2) is 27.2 Å². The molecule has 3 aliphatic heterocycles. The maximum atomic E-state index is 13.8. The Balaban J connectivity index is 0.000000219. The third-order valence-electron chi connectivity index (χ3n) is 12.1. The van der Waals surface area contributed by atoms with Crippen molar-refractivity contribution in [2.75, 3.05) is 50.1 Å². The van der Waals surface area contributed by atoms with Crippen molar-refractivity contribution < 1.29 is 46.5 Å². The van der Waals surface area contributed by atoms with Gasteiger partial charge in [0.2, 0.25) is 0 Å². The van der Waals surface area contributed by atoms with Crippen LogP contribution in [-0.2, 0) is 39.9 Å². The Labute approximate surface area is 411 Å². The molecule has 0 aliphatic carbocycles. The van der Waals surface area contributed by atoms with Gasteiger partial charge in [-0.15, -0.1) is 0 Å². The first-order valence-corrected chi connectivity index (χ1v) is 24.3. The summed E-state index contributed by atoms with van der Waals surface area (Å²) in [5.74, 6) is -2.70. The molecule has 2 unspecified atom stereocenters. The summed E-state index contributed by atoms with van der Waals surface area (Å²) in [5, 5.41) is 19.9. The number of anilines is 2. The molecule has 3 heterocycles. The van der Waals surface area contributed by atoms with Crippen LogP contribution in [0.15, 0.2) is 72.8 Å². The number of carbonyl (C=O) groups is 2. The van der Waals surface area contributed by atoms with Crippen molar-refractivity contribution in [3.8, 4) is 0 Å². The van der Waals surface area contributed by atoms with Gasteiger partial charge in [0.15, 0.2) is 0 Å². The summed E-state index contributed by atoms with van der Waals surface area (Å²) in [5.41, 5.74) is 13.1. The van der Waals surface area contributed by atoms with E-state index in [4.69, 9.17) is 19.9 Å². The largest absolute Gasteiger partial charge is 0.444 e. The summed E-state index contributed by atoms with van der Waals surface area (Å²) in [4.78, 5) is 28.8. The number of aliphatic hydroxyl groups is 1. The fraction of sp³-hybridized carbons (Fsp3) is 0.519. The fourth-order valence-electron chi connectivity index (χ4n) is 8.47. The minimum atomic E-state index is -1.02. The van der Waals surface area contributed by atoms with Gasteiger partial charge >= 0.3 is 12.2 Å². The van der Waals surface area contributed by atoms with Crippen LogP contribution < -0.4 is 31.5 Å². The van der Waals surface area contributed by atoms with Gasteiger partial charge in [0, 0.05) is 69.3 Å². The van der Waals surface area contributed by atoms with E-state index in [1.54, 1.807) is 41.5 Å². The zero-order valence-electron chi connectivity index (χ0n) is 42.4. The SMILES string of the molecule is CC(C)(C)OC(=O)N[C@@H](Cc1cc(F)cc(F)c1)[C@H]1CO1.CCc1ccc2c(c1)C(N)CCN2C.CCc1ccc2c(c1)C(NC[C@@H](O)[C@H](Cc1cc(F)cc(F)c1)NC(=O)OC(C)(C)C)CCN2C. The van der Waals surface area contributed by atoms with Crippen molar-refractivity contribution in [3.05, 3.63) is 129 Å². The van der Waals surface area contributed by atoms with Crippen molar-refractivity contribution >= 4 is 23.6 Å². The van der Waals surface area contributed by atoms with Crippen LogP contribution in [0, 0.1) is 23.3 Å². The van der Waals surface area contributed by atoms with Gasteiger partial charge in [0.1, 0.15) is 40.6 Å². The van der Waals surface area contributed by atoms with E-state index in [1.807, 2.05) is 0 Å². The van der Waals surface area contributed by atoms with Crippen LogP contribution >= 0.6 is 0 Å². The van der Waals surface area contributed by atoms with Gasteiger partial charge in [-0.3, -0.25) is 0 Å². The smallest absolute Gasteiger partial charge is 0.407 e. The molecule has 3 aliphatic rings. The Morgan fingerprint density at radius 3 is 1.64 bits per heavy atom. The van der Waals surface area contributed by atoms with Crippen LogP contribution in [0.1, 0.15) is 114 Å². The van der Waals surface area contributed by atoms with E-state index in [-0.39, 0.29) is 43.6 Å². The van der Waals surface area contributed by atoms with Crippen LogP contribution in [-0.4, -0.2) is 93.1 Å². The summed E-state index contributed by atoms with van der Waals surface area (Å²) < 4.78 is 69.6. The number of benzene rings is 4. The van der Waals surface area contributed by atoms with E-state index >= 15 is 0 Å². The predicted molar refractivity (Wildman–Crippen MR) is 267 cm³/mol. The number of aliphatic hydroxyl groups excluding tert-OH is 1. The lowest BCUT2D eigenvalue weighted by molar-refractivity contribution is 0.0418. The second kappa shape index (κ2) is 24.6. The van der Waals surface area contributed by atoms with Gasteiger partial charge in [-0.1, -0.05) is 38.1 Å². The molecule has 0 aromatic heterocycles. The van der Waals surface area contributed by atoms with E-state index in [1.165, 1.54) is 52.2 Å². The number of alkyl carbamates (subject to hydrolysis) is 2. The number of epoxide rings is 1. The Kier molecular flexibility index (Phi) is 19.5. The fourth-order valence-corrected chi connectivity index (χ4v) is 8.47. The molecule has 4 aromatic rings. The van der Waals surface area contributed by atoms with Crippen LogP contribution in [0.3, 0.4) is 0 Å². The second-order valence-corrected chi connectivity index (χ2v) is 20.4. The molecule has 1 fully saturated rings. The molecule has 6 atom stereocenters. The molecule has 0 spiro atoms. The third-order valence-corrected chi connectivity index (χ3v) is 12.1. The number of fused-ring (bicyclic) bond motifs is 2. The zero-order chi connectivity index (χ0) is 51.5. The minimum absolute atomic E-state index is 0.0381. The monoisotopic (exact) mass is 979 g/mol. The van der Waals surface area contributed by atoms with E-state index < -0.39 is 58.8 Å². The van der Waals surface area contributed by atoms with Crippen LogP contribution in [0.2, 0.25) is 0 Å². The number of halogens is 4. The second-order valence-electron chi connectivity index (χ2n) is 20.4. The molecule has 70 heavy (non-hydrogen) atoms. The van der Waals surface area contributed by atoms with Gasteiger partial charge in [0.25, 0.3) is 0 Å². The molecule has 0 bridgehead atoms. The van der Waals surface area contributed by atoms with E-state index in [2.05, 4.69) is 90.1 Å². The van der Waals surface area contributed by atoms with Crippen LogP contribution in [0.25, 0.3) is 0 Å². The Bertz CT molecular complexity index is 2330. The van der Waals surface area contributed by atoms with Crippen molar-refractivity contribution in [2.45, 2.75) is 141 Å². The van der Waals surface area contributed by atoms with E-state index in [9.17, 15) is 32.3 Å². The molecule has 2 amide bonds. The lowest BCUT2D eigenvalue weighted by Crippen LogP contribution is -2.50. The first-order chi connectivity index (χ1) is 32.9. The molecule has 1 saturated heterocycles. The highest BCUT2D eigenvalue weighted by atomic mass is 19.1. The lowest BCUT2D eigenvalue weighted by Gasteiger charge is -2.35. The number of amides is 2. The average molecular weight is 979 g/mol. The third kappa shape index (κ3) is 17.5. The Morgan fingerprint density at radius 1 is 0.700 bits per heavy atom. The first kappa shape index (κ1) is 55.5. The normalized spacial score (nSPS) is 18.6. The standard InChI is InChI=1S/C27H37F2N3O3.C15H19F2NO3.C12H18N2/c1-6-17-7-8-24-21(13-17)22(9-10-32(24)5)30-16-25(33)23(31-26(34)35-27(2,3)4)14-18-11-19(28)15-20(29)12-18;1-15(2,3)21-14(19)18-12(13-8-20-13)6-9-4-10(16)7-11(17)5-9;1-3-9-4-5-12-10(8-9)11(13)6-7-14(12)2/h7-8,11-13,15,22-23,25,30,33H,6,9-10,14,16H2,1-5H3,(H,31,34);4-5,7,12-13H,6,8H2,1-3H3,(H,18,19);4-5,8,11H,3,6-7,13H2,1-2H3/t22?,23-,25+;12-,13+;/m00./s1. The summed E-state index contributed by atoms with van der Waals surface area (Å²) >= 11 is 0. The van der Waals surface area contributed by atoms with Crippen molar-refractivity contribution in [1.29, 1.82) is 0 Å². The topological polar surface area (TPSA) is 154 Å². The number of nitrogens with two attached hydrogens (primary N) is 1. The Hall–Kier alpha value is -5.42. The molecule has 0 saturated carbocycles.